The second kappa shape index (κ2) is 8.09. The van der Waals surface area contributed by atoms with E-state index in [1.807, 2.05) is 43.3 Å². The van der Waals surface area contributed by atoms with Crippen LogP contribution in [0.1, 0.15) is 23.0 Å². The Morgan fingerprint density at radius 3 is 2.37 bits per heavy atom. The Hall–Kier alpha value is -3.74. The zero-order chi connectivity index (χ0) is 19.2. The zero-order valence-corrected chi connectivity index (χ0v) is 15.0. The van der Waals surface area contributed by atoms with Gasteiger partial charge in [-0.1, -0.05) is 24.3 Å². The van der Waals surface area contributed by atoms with Crippen LogP contribution in [-0.2, 0) is 4.79 Å². The summed E-state index contributed by atoms with van der Waals surface area (Å²) in [4.78, 5) is 31.8. The van der Waals surface area contributed by atoms with Gasteiger partial charge in [0.1, 0.15) is 11.5 Å². The molecular formula is C20H19N5O2. The first kappa shape index (κ1) is 18.1. The summed E-state index contributed by atoms with van der Waals surface area (Å²) >= 11 is 0. The van der Waals surface area contributed by atoms with Crippen LogP contribution in [0.25, 0.3) is 0 Å². The molecule has 0 aliphatic rings. The number of anilines is 4. The Morgan fingerprint density at radius 2 is 1.67 bits per heavy atom. The number of nitrogens with one attached hydrogen (secondary N) is 3. The molecule has 0 saturated carbocycles. The molecule has 0 aliphatic heterocycles. The molecule has 3 rings (SSSR count). The molecule has 3 N–H and O–H groups in total. The van der Waals surface area contributed by atoms with E-state index in [9.17, 15) is 9.59 Å². The molecule has 2 aromatic carbocycles. The van der Waals surface area contributed by atoms with Crippen molar-refractivity contribution in [2.45, 2.75) is 13.8 Å². The molecule has 1 heterocycles. The quantitative estimate of drug-likeness (QED) is 0.643. The van der Waals surface area contributed by atoms with Crippen LogP contribution < -0.4 is 16.0 Å². The van der Waals surface area contributed by atoms with Gasteiger partial charge in [-0.25, -0.2) is 9.97 Å². The summed E-state index contributed by atoms with van der Waals surface area (Å²) in [5.74, 6) is 0.0226. The summed E-state index contributed by atoms with van der Waals surface area (Å²) in [6.07, 6.45) is 2.89. The number of benzene rings is 2. The average Bonchev–Trinajstić information content (AvgIpc) is 2.64. The summed E-state index contributed by atoms with van der Waals surface area (Å²) in [6.45, 7) is 3.37. The molecule has 0 unspecified atom stereocenters. The minimum Gasteiger partial charge on any atom is -0.339 e. The van der Waals surface area contributed by atoms with Gasteiger partial charge in [0.25, 0.3) is 5.91 Å². The number of carbonyl (C=O) groups is 2. The van der Waals surface area contributed by atoms with Crippen molar-refractivity contribution in [3.8, 4) is 0 Å². The minimum atomic E-state index is -0.323. The lowest BCUT2D eigenvalue weighted by atomic mass is 10.2. The SMILES string of the molecule is CC(=O)Nc1cccc(Nc2cnc(C(=O)Nc3ccccc3C)cn2)c1. The van der Waals surface area contributed by atoms with Crippen LogP contribution in [0.2, 0.25) is 0 Å². The highest BCUT2D eigenvalue weighted by Gasteiger charge is 2.10. The van der Waals surface area contributed by atoms with Crippen LogP contribution >= 0.6 is 0 Å². The molecule has 0 atom stereocenters. The van der Waals surface area contributed by atoms with Crippen molar-refractivity contribution in [1.29, 1.82) is 0 Å². The number of hydrogen-bond acceptors (Lipinski definition) is 5. The van der Waals surface area contributed by atoms with Crippen molar-refractivity contribution in [3.05, 3.63) is 72.2 Å². The predicted octanol–water partition coefficient (Wildman–Crippen LogP) is 3.74. The van der Waals surface area contributed by atoms with Crippen LogP contribution in [0.5, 0.6) is 0 Å². The Kier molecular flexibility index (Phi) is 5.41. The van der Waals surface area contributed by atoms with Gasteiger partial charge in [-0.3, -0.25) is 9.59 Å². The van der Waals surface area contributed by atoms with Crippen LogP contribution in [0, 0.1) is 6.92 Å². The highest BCUT2D eigenvalue weighted by atomic mass is 16.2. The third-order valence-electron chi connectivity index (χ3n) is 3.73. The van der Waals surface area contributed by atoms with Crippen LogP contribution in [-0.4, -0.2) is 21.8 Å². The van der Waals surface area contributed by atoms with Crippen LogP contribution in [0.4, 0.5) is 22.9 Å². The highest BCUT2D eigenvalue weighted by Crippen LogP contribution is 2.19. The van der Waals surface area contributed by atoms with Gasteiger partial charge < -0.3 is 16.0 Å². The van der Waals surface area contributed by atoms with Crippen molar-refractivity contribution in [2.75, 3.05) is 16.0 Å². The Morgan fingerprint density at radius 1 is 0.889 bits per heavy atom. The van der Waals surface area contributed by atoms with Crippen molar-refractivity contribution >= 4 is 34.7 Å². The Labute approximate surface area is 156 Å². The number of aryl methyl sites for hydroxylation is 1. The smallest absolute Gasteiger partial charge is 0.275 e. The fourth-order valence-electron chi connectivity index (χ4n) is 2.44. The number of hydrogen-bond donors (Lipinski definition) is 3. The van der Waals surface area contributed by atoms with Gasteiger partial charge in [0, 0.05) is 24.0 Å². The summed E-state index contributed by atoms with van der Waals surface area (Å²) < 4.78 is 0. The lowest BCUT2D eigenvalue weighted by Gasteiger charge is -2.09. The van der Waals surface area contributed by atoms with Gasteiger partial charge in [0.05, 0.1) is 12.4 Å². The van der Waals surface area contributed by atoms with E-state index in [0.29, 0.717) is 11.5 Å². The molecule has 0 radical (unpaired) electrons. The maximum atomic E-state index is 12.3. The summed E-state index contributed by atoms with van der Waals surface area (Å²) in [6, 6.07) is 14.7. The number of amides is 2. The standard InChI is InChI=1S/C20H19N5O2/c1-13-6-3-4-9-17(13)25-20(27)18-11-22-19(12-21-18)24-16-8-5-7-15(10-16)23-14(2)26/h3-12H,1-2H3,(H,22,24)(H,23,26)(H,25,27). The van der Waals surface area contributed by atoms with Gasteiger partial charge in [0.2, 0.25) is 5.91 Å². The lowest BCUT2D eigenvalue weighted by Crippen LogP contribution is -2.15. The fraction of sp³-hybridized carbons (Fsp3) is 0.100. The normalized spacial score (nSPS) is 10.1. The molecule has 1 aromatic heterocycles. The first-order chi connectivity index (χ1) is 13.0. The molecule has 0 fully saturated rings. The molecule has 0 aliphatic carbocycles. The maximum absolute atomic E-state index is 12.3. The van der Waals surface area contributed by atoms with E-state index < -0.39 is 0 Å². The Balaban J connectivity index is 1.67. The second-order valence-corrected chi connectivity index (χ2v) is 5.94. The summed E-state index contributed by atoms with van der Waals surface area (Å²) in [5, 5.41) is 8.62. The topological polar surface area (TPSA) is 96.0 Å². The molecule has 0 bridgehead atoms. The average molecular weight is 361 g/mol. The number of aromatic nitrogens is 2. The van der Waals surface area contributed by atoms with Gasteiger partial charge >= 0.3 is 0 Å². The van der Waals surface area contributed by atoms with Gasteiger partial charge in [-0.15, -0.1) is 0 Å². The number of rotatable bonds is 5. The van der Waals surface area contributed by atoms with Crippen molar-refractivity contribution in [1.82, 2.24) is 9.97 Å². The molecule has 0 spiro atoms. The van der Waals surface area contributed by atoms with Crippen molar-refractivity contribution in [2.24, 2.45) is 0 Å². The molecule has 0 saturated heterocycles. The van der Waals surface area contributed by atoms with E-state index in [1.54, 1.807) is 12.1 Å². The summed E-state index contributed by atoms with van der Waals surface area (Å²) in [7, 11) is 0. The van der Waals surface area contributed by atoms with Gasteiger partial charge in [-0.2, -0.15) is 0 Å². The fourth-order valence-corrected chi connectivity index (χ4v) is 2.44. The molecular weight excluding hydrogens is 342 g/mol. The van der Waals surface area contributed by atoms with Crippen molar-refractivity contribution < 1.29 is 9.59 Å². The number of carbonyl (C=O) groups excluding carboxylic acids is 2. The van der Waals surface area contributed by atoms with E-state index >= 15 is 0 Å². The molecule has 27 heavy (non-hydrogen) atoms. The zero-order valence-electron chi connectivity index (χ0n) is 15.0. The van der Waals surface area contributed by atoms with E-state index in [4.69, 9.17) is 0 Å². The molecule has 136 valence electrons. The monoisotopic (exact) mass is 361 g/mol. The minimum absolute atomic E-state index is 0.143. The highest BCUT2D eigenvalue weighted by molar-refractivity contribution is 6.03. The van der Waals surface area contributed by atoms with Gasteiger partial charge in [-0.05, 0) is 36.8 Å². The van der Waals surface area contributed by atoms with Crippen LogP contribution in [0.3, 0.4) is 0 Å². The molecule has 7 nitrogen and oxygen atoms in total. The van der Waals surface area contributed by atoms with E-state index in [2.05, 4.69) is 25.9 Å². The summed E-state index contributed by atoms with van der Waals surface area (Å²) in [5.41, 5.74) is 3.34. The third kappa shape index (κ3) is 4.88. The molecule has 7 heteroatoms. The second-order valence-electron chi connectivity index (χ2n) is 5.94. The van der Waals surface area contributed by atoms with Crippen molar-refractivity contribution in [3.63, 3.8) is 0 Å². The lowest BCUT2D eigenvalue weighted by molar-refractivity contribution is -0.114. The van der Waals surface area contributed by atoms with E-state index in [-0.39, 0.29) is 17.5 Å². The predicted molar refractivity (Wildman–Crippen MR) is 105 cm³/mol. The third-order valence-corrected chi connectivity index (χ3v) is 3.73. The molecule has 3 aromatic rings. The van der Waals surface area contributed by atoms with E-state index in [0.717, 1.165) is 16.9 Å². The maximum Gasteiger partial charge on any atom is 0.275 e. The molecule has 2 amide bonds. The van der Waals surface area contributed by atoms with E-state index in [1.165, 1.54) is 19.3 Å². The van der Waals surface area contributed by atoms with Gasteiger partial charge in [0.15, 0.2) is 0 Å². The number of para-hydroxylation sites is 1. The first-order valence-electron chi connectivity index (χ1n) is 8.35. The Bertz CT molecular complexity index is 970. The van der Waals surface area contributed by atoms with Crippen LogP contribution in [0.15, 0.2) is 60.9 Å². The number of nitrogens with zero attached hydrogens (tertiary/aromatic N) is 2. The first-order valence-corrected chi connectivity index (χ1v) is 8.35. The largest absolute Gasteiger partial charge is 0.339 e.